The van der Waals surface area contributed by atoms with Crippen LogP contribution in [0.15, 0.2) is 23.3 Å². The Morgan fingerprint density at radius 3 is 2.83 bits per heavy atom. The number of nitrogens with one attached hydrogen (secondary N) is 2. The molecule has 0 bridgehead atoms. The van der Waals surface area contributed by atoms with Crippen molar-refractivity contribution in [2.24, 2.45) is 10.9 Å². The highest BCUT2D eigenvalue weighted by Crippen LogP contribution is 2.26. The molecular weight excluding hydrogens is 366 g/mol. The lowest BCUT2D eigenvalue weighted by Gasteiger charge is -2.31. The van der Waals surface area contributed by atoms with Crippen LogP contribution in [0.5, 0.6) is 5.88 Å². The number of carbonyl (C=O) groups excluding carboxylic acids is 1. The Balaban J connectivity index is 1.56. The zero-order chi connectivity index (χ0) is 20.6. The minimum absolute atomic E-state index is 0.210. The fourth-order valence-electron chi connectivity index (χ4n) is 3.95. The van der Waals surface area contributed by atoms with Crippen molar-refractivity contribution < 1.29 is 9.53 Å². The van der Waals surface area contributed by atoms with Crippen LogP contribution in [0.3, 0.4) is 0 Å². The van der Waals surface area contributed by atoms with Crippen molar-refractivity contribution in [3.8, 4) is 5.88 Å². The average Bonchev–Trinajstić information content (AvgIpc) is 2.71. The van der Waals surface area contributed by atoms with Crippen molar-refractivity contribution in [2.75, 3.05) is 20.1 Å². The molecule has 1 saturated carbocycles. The number of likely N-dealkylation sites (tertiary alicyclic amines) is 1. The SMILES string of the molecule is CCNC(=NCc1ccnc(OC2CCC(C)CC2)c1)NC1CCC(=O)N(C)C1. The zero-order valence-corrected chi connectivity index (χ0v) is 18.0. The predicted octanol–water partition coefficient (Wildman–Crippen LogP) is 2.72. The molecule has 1 amide bonds. The van der Waals surface area contributed by atoms with Crippen LogP contribution in [0.25, 0.3) is 0 Å². The van der Waals surface area contributed by atoms with Gasteiger partial charge in [0.15, 0.2) is 5.96 Å². The summed E-state index contributed by atoms with van der Waals surface area (Å²) in [6, 6.07) is 4.20. The van der Waals surface area contributed by atoms with E-state index >= 15 is 0 Å². The number of nitrogens with zero attached hydrogens (tertiary/aromatic N) is 3. The van der Waals surface area contributed by atoms with Crippen LogP contribution >= 0.6 is 0 Å². The molecule has 2 N–H and O–H groups in total. The molecule has 2 fully saturated rings. The van der Waals surface area contributed by atoms with Gasteiger partial charge in [0.2, 0.25) is 11.8 Å². The highest BCUT2D eigenvalue weighted by atomic mass is 16.5. The van der Waals surface area contributed by atoms with Gasteiger partial charge in [-0.25, -0.2) is 9.98 Å². The Hall–Kier alpha value is -2.31. The Bertz CT molecular complexity index is 700. The first kappa shape index (κ1) is 21.4. The quantitative estimate of drug-likeness (QED) is 0.566. The molecular formula is C22H35N5O2. The second-order valence-electron chi connectivity index (χ2n) is 8.35. The van der Waals surface area contributed by atoms with Gasteiger partial charge in [-0.05, 0) is 56.6 Å². The molecule has 3 rings (SSSR count). The van der Waals surface area contributed by atoms with E-state index < -0.39 is 0 Å². The lowest BCUT2D eigenvalue weighted by Crippen LogP contribution is -2.51. The number of pyridine rings is 1. The standard InChI is InChI=1S/C22H35N5O2/c1-4-23-22(26-18-7-10-21(28)27(3)15-18)25-14-17-11-12-24-20(13-17)29-19-8-5-16(2)6-9-19/h11-13,16,18-19H,4-10,14-15H2,1-3H3,(H2,23,25,26). The fourth-order valence-corrected chi connectivity index (χ4v) is 3.95. The molecule has 7 heteroatoms. The number of likely N-dealkylation sites (N-methyl/N-ethyl adjacent to an activating group) is 1. The van der Waals surface area contributed by atoms with Crippen LogP contribution in [-0.4, -0.2) is 54.0 Å². The van der Waals surface area contributed by atoms with Crippen LogP contribution < -0.4 is 15.4 Å². The molecule has 1 aromatic rings. The van der Waals surface area contributed by atoms with Crippen LogP contribution in [0, 0.1) is 5.92 Å². The molecule has 0 radical (unpaired) electrons. The van der Waals surface area contributed by atoms with Crippen LogP contribution in [0.4, 0.5) is 0 Å². The molecule has 2 aliphatic rings. The molecule has 1 aliphatic carbocycles. The summed E-state index contributed by atoms with van der Waals surface area (Å²) in [7, 11) is 1.85. The fraction of sp³-hybridized carbons (Fsp3) is 0.682. The minimum Gasteiger partial charge on any atom is -0.474 e. The molecule has 1 atom stereocenters. The van der Waals surface area contributed by atoms with Crippen molar-refractivity contribution in [1.29, 1.82) is 0 Å². The van der Waals surface area contributed by atoms with Gasteiger partial charge in [0.1, 0.15) is 6.10 Å². The smallest absolute Gasteiger partial charge is 0.222 e. The van der Waals surface area contributed by atoms with Gasteiger partial charge in [0.25, 0.3) is 0 Å². The van der Waals surface area contributed by atoms with Crippen LogP contribution in [-0.2, 0) is 11.3 Å². The number of guanidine groups is 1. The lowest BCUT2D eigenvalue weighted by molar-refractivity contribution is -0.132. The number of amides is 1. The monoisotopic (exact) mass is 401 g/mol. The third kappa shape index (κ3) is 6.61. The molecule has 1 aromatic heterocycles. The molecule has 1 aliphatic heterocycles. The van der Waals surface area contributed by atoms with E-state index in [1.165, 1.54) is 12.8 Å². The average molecular weight is 402 g/mol. The summed E-state index contributed by atoms with van der Waals surface area (Å²) in [5.74, 6) is 2.49. The van der Waals surface area contributed by atoms with Gasteiger partial charge >= 0.3 is 0 Å². The summed E-state index contributed by atoms with van der Waals surface area (Å²) in [4.78, 5) is 22.6. The summed E-state index contributed by atoms with van der Waals surface area (Å²) in [5.41, 5.74) is 1.08. The van der Waals surface area contributed by atoms with Crippen molar-refractivity contribution >= 4 is 11.9 Å². The second kappa shape index (κ2) is 10.5. The largest absolute Gasteiger partial charge is 0.474 e. The Kier molecular flexibility index (Phi) is 7.72. The number of hydrogen-bond donors (Lipinski definition) is 2. The first-order valence-corrected chi connectivity index (χ1v) is 10.9. The van der Waals surface area contributed by atoms with Crippen LogP contribution in [0.1, 0.15) is 57.9 Å². The van der Waals surface area contributed by atoms with E-state index in [1.807, 2.05) is 19.2 Å². The molecule has 160 valence electrons. The van der Waals surface area contributed by atoms with Crippen molar-refractivity contribution in [3.05, 3.63) is 23.9 Å². The Morgan fingerprint density at radius 1 is 1.31 bits per heavy atom. The number of aliphatic imine (C=N–C) groups is 1. The summed E-state index contributed by atoms with van der Waals surface area (Å²) in [6.07, 6.45) is 8.17. The summed E-state index contributed by atoms with van der Waals surface area (Å²) < 4.78 is 6.11. The second-order valence-corrected chi connectivity index (χ2v) is 8.35. The molecule has 0 aromatic carbocycles. The normalized spacial score (nSPS) is 25.6. The Labute approximate surface area is 174 Å². The molecule has 29 heavy (non-hydrogen) atoms. The van der Waals surface area contributed by atoms with Gasteiger partial charge < -0.3 is 20.3 Å². The maximum absolute atomic E-state index is 11.7. The van der Waals surface area contributed by atoms with Gasteiger partial charge in [-0.15, -0.1) is 0 Å². The van der Waals surface area contributed by atoms with Gasteiger partial charge in [0, 0.05) is 44.9 Å². The van der Waals surface area contributed by atoms with E-state index in [-0.39, 0.29) is 18.1 Å². The van der Waals surface area contributed by atoms with Gasteiger partial charge in [-0.1, -0.05) is 6.92 Å². The van der Waals surface area contributed by atoms with Gasteiger partial charge in [-0.3, -0.25) is 4.79 Å². The first-order chi connectivity index (χ1) is 14.0. The van der Waals surface area contributed by atoms with E-state index in [9.17, 15) is 4.79 Å². The molecule has 1 unspecified atom stereocenters. The number of ether oxygens (including phenoxy) is 1. The number of piperidine rings is 1. The zero-order valence-electron chi connectivity index (χ0n) is 18.0. The number of hydrogen-bond acceptors (Lipinski definition) is 4. The first-order valence-electron chi connectivity index (χ1n) is 10.9. The molecule has 7 nitrogen and oxygen atoms in total. The predicted molar refractivity (Wildman–Crippen MR) is 115 cm³/mol. The maximum atomic E-state index is 11.7. The van der Waals surface area contributed by atoms with Crippen molar-refractivity contribution in [1.82, 2.24) is 20.5 Å². The van der Waals surface area contributed by atoms with E-state index in [2.05, 4.69) is 29.5 Å². The summed E-state index contributed by atoms with van der Waals surface area (Å²) in [5, 5.41) is 6.76. The van der Waals surface area contributed by atoms with Crippen LogP contribution in [0.2, 0.25) is 0 Å². The summed E-state index contributed by atoms with van der Waals surface area (Å²) in [6.45, 7) is 6.41. The minimum atomic E-state index is 0.210. The highest BCUT2D eigenvalue weighted by Gasteiger charge is 2.23. The van der Waals surface area contributed by atoms with E-state index in [4.69, 9.17) is 9.73 Å². The van der Waals surface area contributed by atoms with Gasteiger partial charge in [-0.2, -0.15) is 0 Å². The van der Waals surface area contributed by atoms with E-state index in [1.54, 1.807) is 11.1 Å². The maximum Gasteiger partial charge on any atom is 0.222 e. The number of carbonyl (C=O) groups is 1. The molecule has 0 spiro atoms. The third-order valence-corrected chi connectivity index (χ3v) is 5.78. The molecule has 2 heterocycles. The third-order valence-electron chi connectivity index (χ3n) is 5.78. The Morgan fingerprint density at radius 2 is 2.10 bits per heavy atom. The van der Waals surface area contributed by atoms with E-state index in [0.717, 1.165) is 43.2 Å². The number of rotatable bonds is 6. The van der Waals surface area contributed by atoms with E-state index in [0.29, 0.717) is 25.4 Å². The van der Waals surface area contributed by atoms with Crippen molar-refractivity contribution in [3.63, 3.8) is 0 Å². The lowest BCUT2D eigenvalue weighted by atomic mass is 9.89. The number of aromatic nitrogens is 1. The van der Waals surface area contributed by atoms with Gasteiger partial charge in [0.05, 0.1) is 6.54 Å². The molecule has 1 saturated heterocycles. The summed E-state index contributed by atoms with van der Waals surface area (Å²) >= 11 is 0. The van der Waals surface area contributed by atoms with Crippen molar-refractivity contribution in [2.45, 2.75) is 71.1 Å². The highest BCUT2D eigenvalue weighted by molar-refractivity contribution is 5.81. The topological polar surface area (TPSA) is 78.9 Å².